The Morgan fingerprint density at radius 3 is 1.70 bits per heavy atom. The minimum absolute atomic E-state index is 1.03. The monoisotopic (exact) mass is 816 g/mol. The molecule has 0 unspecified atom stereocenters. The molecule has 2 nitrogen and oxygen atoms in total. The van der Waals surface area contributed by atoms with Gasteiger partial charge < -0.3 is 9.47 Å². The smallest absolute Gasteiger partial charge is 0.0547 e. The van der Waals surface area contributed by atoms with Gasteiger partial charge >= 0.3 is 0 Å². The van der Waals surface area contributed by atoms with Crippen molar-refractivity contribution < 1.29 is 0 Å². The summed E-state index contributed by atoms with van der Waals surface area (Å²) in [5, 5.41) is 5.05. The molecule has 1 heterocycles. The van der Waals surface area contributed by atoms with Gasteiger partial charge in [0.1, 0.15) is 0 Å². The van der Waals surface area contributed by atoms with Crippen LogP contribution >= 0.6 is 0 Å². The Balaban J connectivity index is 0.973. The van der Waals surface area contributed by atoms with E-state index in [0.29, 0.717) is 0 Å². The summed E-state index contributed by atoms with van der Waals surface area (Å²) in [7, 11) is 0. The van der Waals surface area contributed by atoms with E-state index in [0.717, 1.165) is 29.9 Å². The van der Waals surface area contributed by atoms with Crippen molar-refractivity contribution in [1.82, 2.24) is 4.57 Å². The van der Waals surface area contributed by atoms with Crippen LogP contribution in [0.2, 0.25) is 0 Å². The average Bonchev–Trinajstić information content (AvgIpc) is 3.72. The van der Waals surface area contributed by atoms with Gasteiger partial charge in [0, 0.05) is 33.2 Å². The van der Waals surface area contributed by atoms with E-state index in [1.807, 2.05) is 0 Å². The molecular formula is C62H44N2. The minimum Gasteiger partial charge on any atom is -0.310 e. The molecular weight excluding hydrogens is 773 g/mol. The Kier molecular flexibility index (Phi) is 9.34. The predicted molar refractivity (Wildman–Crippen MR) is 272 cm³/mol. The summed E-state index contributed by atoms with van der Waals surface area (Å²) < 4.78 is 2.39. The fraction of sp³-hybridized carbons (Fsp3) is 0.0323. The van der Waals surface area contributed by atoms with E-state index in [1.54, 1.807) is 0 Å². The number of para-hydroxylation sites is 2. The van der Waals surface area contributed by atoms with Gasteiger partial charge in [0.25, 0.3) is 0 Å². The fourth-order valence-corrected chi connectivity index (χ4v) is 9.99. The number of benzene rings is 10. The highest BCUT2D eigenvalue weighted by Gasteiger charge is 2.21. The molecule has 1 aliphatic carbocycles. The maximum absolute atomic E-state index is 2.47. The molecule has 1 aliphatic rings. The van der Waals surface area contributed by atoms with Crippen LogP contribution in [0.5, 0.6) is 0 Å². The summed E-state index contributed by atoms with van der Waals surface area (Å²) in [5.41, 5.74) is 19.4. The zero-order chi connectivity index (χ0) is 42.4. The quantitative estimate of drug-likeness (QED) is 0.148. The first-order valence-electron chi connectivity index (χ1n) is 22.3. The molecule has 0 amide bonds. The van der Waals surface area contributed by atoms with Gasteiger partial charge in [-0.3, -0.25) is 0 Å². The molecule has 0 bridgehead atoms. The third kappa shape index (κ3) is 6.60. The van der Waals surface area contributed by atoms with Gasteiger partial charge in [-0.15, -0.1) is 0 Å². The van der Waals surface area contributed by atoms with Crippen molar-refractivity contribution in [3.05, 3.63) is 248 Å². The minimum atomic E-state index is 1.03. The summed E-state index contributed by atoms with van der Waals surface area (Å²) >= 11 is 0. The van der Waals surface area contributed by atoms with E-state index >= 15 is 0 Å². The van der Waals surface area contributed by atoms with E-state index in [9.17, 15) is 0 Å². The second-order valence-corrected chi connectivity index (χ2v) is 16.8. The fourth-order valence-electron chi connectivity index (χ4n) is 9.99. The Labute approximate surface area is 374 Å². The van der Waals surface area contributed by atoms with Crippen molar-refractivity contribution in [2.24, 2.45) is 0 Å². The summed E-state index contributed by atoms with van der Waals surface area (Å²) in [6, 6.07) is 84.4. The second-order valence-electron chi connectivity index (χ2n) is 16.8. The number of fused-ring (bicyclic) bond motifs is 6. The summed E-state index contributed by atoms with van der Waals surface area (Å²) in [5.74, 6) is 0. The van der Waals surface area contributed by atoms with Crippen LogP contribution in [-0.2, 0) is 6.42 Å². The Morgan fingerprint density at radius 2 is 0.938 bits per heavy atom. The zero-order valence-corrected chi connectivity index (χ0v) is 35.4. The number of allylic oxidation sites excluding steroid dienone is 1. The number of rotatable bonds is 8. The lowest BCUT2D eigenvalue weighted by Crippen LogP contribution is -2.12. The van der Waals surface area contributed by atoms with Crippen LogP contribution in [0.1, 0.15) is 17.5 Å². The molecule has 0 aliphatic heterocycles. The summed E-state index contributed by atoms with van der Waals surface area (Å²) in [6.07, 6.45) is 6.71. The predicted octanol–water partition coefficient (Wildman–Crippen LogP) is 17.0. The molecule has 0 radical (unpaired) electrons. The first-order chi connectivity index (χ1) is 31.7. The lowest BCUT2D eigenvalue weighted by Gasteiger charge is -2.29. The molecule has 64 heavy (non-hydrogen) atoms. The standard InChI is InChI=1S/C62H44N2/c1-3-16-43(17-4-1)44-32-34-45(35-33-44)46-36-38-52(39-37-46)63(61-42-50-18-7-8-25-54(50)56-26-9-10-27-57(56)61)53-24-14-20-48(41-53)47-19-13-21-49(40-47)55-29-15-31-60-62(55)58-28-11-12-30-59(58)64(60)51-22-5-2-6-23-51/h1-6,8-17,19-42H,7,18H2. The Bertz CT molecular complexity index is 3520. The number of hydrogen-bond acceptors (Lipinski definition) is 1. The topological polar surface area (TPSA) is 8.17 Å². The molecule has 2 heteroatoms. The van der Waals surface area contributed by atoms with Crippen molar-refractivity contribution in [1.29, 1.82) is 0 Å². The average molecular weight is 817 g/mol. The van der Waals surface area contributed by atoms with E-state index in [-0.39, 0.29) is 0 Å². The van der Waals surface area contributed by atoms with Crippen LogP contribution < -0.4 is 4.90 Å². The van der Waals surface area contributed by atoms with Crippen molar-refractivity contribution in [2.75, 3.05) is 4.90 Å². The van der Waals surface area contributed by atoms with Crippen molar-refractivity contribution in [3.63, 3.8) is 0 Å². The van der Waals surface area contributed by atoms with Crippen molar-refractivity contribution >= 4 is 55.7 Å². The highest BCUT2D eigenvalue weighted by atomic mass is 15.1. The third-order valence-corrected chi connectivity index (χ3v) is 13.0. The zero-order valence-electron chi connectivity index (χ0n) is 35.4. The van der Waals surface area contributed by atoms with Crippen LogP contribution in [0, 0.1) is 0 Å². The first-order valence-corrected chi connectivity index (χ1v) is 22.3. The second kappa shape index (κ2) is 15.9. The first kappa shape index (κ1) is 37.6. The SMILES string of the molecule is C1=Cc2c(cc(N(c3ccc(-c4ccc(-c5ccccc5)cc4)cc3)c3cccc(-c4cccc(-c5cccc6c5c5ccccc5n6-c5ccccc5)c4)c3)c3ccccc23)CC1. The van der Waals surface area contributed by atoms with Gasteiger partial charge in [-0.2, -0.15) is 0 Å². The molecule has 0 fully saturated rings. The van der Waals surface area contributed by atoms with Gasteiger partial charge in [0.15, 0.2) is 0 Å². The van der Waals surface area contributed by atoms with Crippen molar-refractivity contribution in [2.45, 2.75) is 12.8 Å². The molecule has 0 saturated carbocycles. The van der Waals surface area contributed by atoms with Gasteiger partial charge in [0.2, 0.25) is 0 Å². The Hall–Kier alpha value is -8.20. The number of aromatic nitrogens is 1. The number of hydrogen-bond donors (Lipinski definition) is 0. The molecule has 0 spiro atoms. The van der Waals surface area contributed by atoms with Crippen LogP contribution in [-0.4, -0.2) is 4.57 Å². The van der Waals surface area contributed by atoms with Crippen molar-refractivity contribution in [3.8, 4) is 50.2 Å². The van der Waals surface area contributed by atoms with Gasteiger partial charge in [-0.05, 0) is 135 Å². The normalized spacial score (nSPS) is 12.2. The lowest BCUT2D eigenvalue weighted by atomic mass is 9.90. The summed E-state index contributed by atoms with van der Waals surface area (Å²) in [6.45, 7) is 0. The van der Waals surface area contributed by atoms with Crippen LogP contribution in [0.15, 0.2) is 237 Å². The lowest BCUT2D eigenvalue weighted by molar-refractivity contribution is 0.989. The molecule has 0 saturated heterocycles. The Morgan fingerprint density at radius 1 is 0.375 bits per heavy atom. The molecule has 1 aromatic heterocycles. The molecule has 12 rings (SSSR count). The number of nitrogens with zero attached hydrogens (tertiary/aromatic N) is 2. The molecule has 302 valence electrons. The van der Waals surface area contributed by atoms with E-state index in [1.165, 1.54) is 93.9 Å². The third-order valence-electron chi connectivity index (χ3n) is 13.0. The highest BCUT2D eigenvalue weighted by Crippen LogP contribution is 2.45. The highest BCUT2D eigenvalue weighted by molar-refractivity contribution is 6.16. The molecule has 10 aromatic carbocycles. The molecule has 0 atom stereocenters. The number of anilines is 3. The number of aryl methyl sites for hydroxylation is 1. The van der Waals surface area contributed by atoms with E-state index in [2.05, 4.69) is 252 Å². The van der Waals surface area contributed by atoms with Gasteiger partial charge in [-0.1, -0.05) is 182 Å². The van der Waals surface area contributed by atoms with Gasteiger partial charge in [-0.25, -0.2) is 0 Å². The van der Waals surface area contributed by atoms with Crippen LogP contribution in [0.25, 0.3) is 88.8 Å². The maximum atomic E-state index is 2.47. The van der Waals surface area contributed by atoms with E-state index in [4.69, 9.17) is 0 Å². The molecule has 0 N–H and O–H groups in total. The summed E-state index contributed by atoms with van der Waals surface area (Å²) in [4.78, 5) is 2.47. The molecule has 11 aromatic rings. The largest absolute Gasteiger partial charge is 0.310 e. The van der Waals surface area contributed by atoms with Crippen LogP contribution in [0.4, 0.5) is 17.1 Å². The van der Waals surface area contributed by atoms with E-state index < -0.39 is 0 Å². The maximum Gasteiger partial charge on any atom is 0.0547 e. The van der Waals surface area contributed by atoms with Gasteiger partial charge in [0.05, 0.1) is 16.7 Å². The van der Waals surface area contributed by atoms with Crippen LogP contribution in [0.3, 0.4) is 0 Å².